The van der Waals surface area contributed by atoms with Crippen molar-refractivity contribution in [2.75, 3.05) is 11.1 Å². The van der Waals surface area contributed by atoms with Gasteiger partial charge >= 0.3 is 0 Å². The Balaban J connectivity index is 3.23. The van der Waals surface area contributed by atoms with Crippen molar-refractivity contribution in [3.8, 4) is 0 Å². The van der Waals surface area contributed by atoms with E-state index in [1.165, 1.54) is 12.1 Å². The second kappa shape index (κ2) is 5.14. The minimum Gasteiger partial charge on any atom is -0.393 e. The summed E-state index contributed by atoms with van der Waals surface area (Å²) in [5.41, 5.74) is 5.98. The quantitative estimate of drug-likeness (QED) is 0.402. The average molecular weight is 292 g/mol. The van der Waals surface area contributed by atoms with Crippen molar-refractivity contribution in [2.24, 2.45) is 0 Å². The van der Waals surface area contributed by atoms with Gasteiger partial charge < -0.3 is 5.73 Å². The number of hydrogen-bond donors (Lipinski definition) is 1. The van der Waals surface area contributed by atoms with Gasteiger partial charge in [-0.05, 0) is 11.6 Å². The van der Waals surface area contributed by atoms with Gasteiger partial charge in [0.15, 0.2) is 0 Å². The van der Waals surface area contributed by atoms with Gasteiger partial charge in [0.05, 0.1) is 9.95 Å². The molecule has 0 bridgehead atoms. The molecule has 4 nitrogen and oxygen atoms in total. The first-order chi connectivity index (χ1) is 7.06. The van der Waals surface area contributed by atoms with E-state index in [1.807, 2.05) is 0 Å². The molecular weight excluding hydrogens is 283 g/mol. The molecule has 0 fully saturated rings. The fraction of sp³-hybridized carbons (Fsp3) is 0.111. The van der Waals surface area contributed by atoms with Crippen molar-refractivity contribution in [3.63, 3.8) is 0 Å². The molecule has 80 valence electrons. The zero-order valence-corrected chi connectivity index (χ0v) is 9.96. The fourth-order valence-corrected chi connectivity index (χ4v) is 1.47. The van der Waals surface area contributed by atoms with Gasteiger partial charge in [-0.2, -0.15) is 0 Å². The Hall–Kier alpha value is -1.07. The summed E-state index contributed by atoms with van der Waals surface area (Å²) < 4.78 is 0. The summed E-state index contributed by atoms with van der Waals surface area (Å²) in [6, 6.07) is 2.74. The largest absolute Gasteiger partial charge is 0.393 e. The van der Waals surface area contributed by atoms with Gasteiger partial charge in [-0.15, -0.1) is 0 Å². The minimum atomic E-state index is -0.531. The second-order valence-electron chi connectivity index (χ2n) is 2.75. The first-order valence-corrected chi connectivity index (χ1v) is 5.52. The summed E-state index contributed by atoms with van der Waals surface area (Å²) in [6.07, 6.45) is 3.49. The van der Waals surface area contributed by atoms with E-state index in [0.717, 1.165) is 0 Å². The van der Waals surface area contributed by atoms with Crippen molar-refractivity contribution in [1.29, 1.82) is 0 Å². The van der Waals surface area contributed by atoms with Gasteiger partial charge in [-0.1, -0.05) is 39.7 Å². The predicted octanol–water partition coefficient (Wildman–Crippen LogP) is 3.24. The first kappa shape index (κ1) is 12.0. The van der Waals surface area contributed by atoms with Crippen LogP contribution >= 0.6 is 27.5 Å². The molecule has 0 aliphatic carbocycles. The number of alkyl halides is 1. The highest BCUT2D eigenvalue weighted by Crippen LogP contribution is 2.29. The maximum atomic E-state index is 10.6. The lowest BCUT2D eigenvalue weighted by molar-refractivity contribution is -0.383. The molecule has 0 atom stereocenters. The molecule has 1 aromatic carbocycles. The van der Waals surface area contributed by atoms with Crippen molar-refractivity contribution in [2.45, 2.75) is 0 Å². The molecule has 6 heteroatoms. The van der Waals surface area contributed by atoms with E-state index in [0.29, 0.717) is 15.9 Å². The highest BCUT2D eigenvalue weighted by Gasteiger charge is 2.13. The minimum absolute atomic E-state index is 0.0704. The molecule has 2 N–H and O–H groups in total. The van der Waals surface area contributed by atoms with Crippen LogP contribution in [-0.2, 0) is 0 Å². The molecule has 0 heterocycles. The molecule has 0 aromatic heterocycles. The van der Waals surface area contributed by atoms with Crippen LogP contribution in [0.1, 0.15) is 5.56 Å². The Morgan fingerprint density at radius 2 is 2.27 bits per heavy atom. The molecule has 15 heavy (non-hydrogen) atoms. The fourth-order valence-electron chi connectivity index (χ4n) is 1.05. The number of halogens is 2. The standard InChI is InChI=1S/C9H8BrClN2O2/c10-3-1-2-6-4-9(13(14)15)8(12)5-7(6)11/h1-2,4-5H,3,12H2. The van der Waals surface area contributed by atoms with Crippen LogP contribution in [0.15, 0.2) is 18.2 Å². The van der Waals surface area contributed by atoms with Crippen LogP contribution in [-0.4, -0.2) is 10.3 Å². The Morgan fingerprint density at radius 1 is 1.60 bits per heavy atom. The van der Waals surface area contributed by atoms with Crippen molar-refractivity contribution < 1.29 is 4.92 Å². The Morgan fingerprint density at radius 3 is 2.80 bits per heavy atom. The van der Waals surface area contributed by atoms with Crippen LogP contribution in [0.4, 0.5) is 11.4 Å². The summed E-state index contributed by atoms with van der Waals surface area (Å²) >= 11 is 9.08. The number of allylic oxidation sites excluding steroid dienone is 1. The number of hydrogen-bond acceptors (Lipinski definition) is 3. The van der Waals surface area contributed by atoms with E-state index in [4.69, 9.17) is 17.3 Å². The van der Waals surface area contributed by atoms with Gasteiger partial charge in [0.2, 0.25) is 0 Å². The Bertz CT molecular complexity index is 421. The monoisotopic (exact) mass is 290 g/mol. The van der Waals surface area contributed by atoms with Crippen LogP contribution < -0.4 is 5.73 Å². The molecule has 0 amide bonds. The van der Waals surface area contributed by atoms with Gasteiger partial charge in [0.1, 0.15) is 5.69 Å². The third-order valence-electron chi connectivity index (χ3n) is 1.73. The molecule has 1 rings (SSSR count). The molecular formula is C9H8BrClN2O2. The molecule has 0 saturated heterocycles. The Kier molecular flexibility index (Phi) is 4.11. The zero-order chi connectivity index (χ0) is 11.4. The number of nitrogen functional groups attached to an aromatic ring is 1. The normalized spacial score (nSPS) is 10.8. The molecule has 0 aliphatic rings. The third-order valence-corrected chi connectivity index (χ3v) is 2.43. The lowest BCUT2D eigenvalue weighted by Crippen LogP contribution is -1.96. The predicted molar refractivity (Wildman–Crippen MR) is 65.3 cm³/mol. The summed E-state index contributed by atoms with van der Waals surface area (Å²) in [5.74, 6) is 0. The lowest BCUT2D eigenvalue weighted by atomic mass is 10.1. The Labute approximate surface area is 100 Å². The number of anilines is 1. The van der Waals surface area contributed by atoms with E-state index < -0.39 is 4.92 Å². The number of nitro groups is 1. The lowest BCUT2D eigenvalue weighted by Gasteiger charge is -2.01. The van der Waals surface area contributed by atoms with E-state index in [-0.39, 0.29) is 11.4 Å². The number of nitrogens with two attached hydrogens (primary N) is 1. The number of benzene rings is 1. The van der Waals surface area contributed by atoms with Gasteiger partial charge in [-0.3, -0.25) is 10.1 Å². The molecule has 0 aliphatic heterocycles. The second-order valence-corrected chi connectivity index (χ2v) is 3.80. The van der Waals surface area contributed by atoms with Crippen LogP contribution in [0.25, 0.3) is 6.08 Å². The molecule has 0 radical (unpaired) electrons. The molecule has 0 unspecified atom stereocenters. The highest BCUT2D eigenvalue weighted by atomic mass is 79.9. The summed E-state index contributed by atoms with van der Waals surface area (Å²) in [6.45, 7) is 0. The van der Waals surface area contributed by atoms with E-state index >= 15 is 0 Å². The maximum Gasteiger partial charge on any atom is 0.292 e. The molecule has 0 spiro atoms. The van der Waals surface area contributed by atoms with E-state index in [9.17, 15) is 10.1 Å². The number of nitro benzene ring substituents is 1. The van der Waals surface area contributed by atoms with E-state index in [1.54, 1.807) is 12.2 Å². The van der Waals surface area contributed by atoms with Gasteiger partial charge in [0, 0.05) is 11.4 Å². The molecule has 0 saturated carbocycles. The van der Waals surface area contributed by atoms with Crippen LogP contribution in [0.5, 0.6) is 0 Å². The number of nitrogens with zero attached hydrogens (tertiary/aromatic N) is 1. The van der Waals surface area contributed by atoms with E-state index in [2.05, 4.69) is 15.9 Å². The highest BCUT2D eigenvalue weighted by molar-refractivity contribution is 9.09. The van der Waals surface area contributed by atoms with Crippen molar-refractivity contribution >= 4 is 45.0 Å². The topological polar surface area (TPSA) is 69.2 Å². The van der Waals surface area contributed by atoms with Crippen LogP contribution in [0.2, 0.25) is 5.02 Å². The van der Waals surface area contributed by atoms with Crippen LogP contribution in [0.3, 0.4) is 0 Å². The van der Waals surface area contributed by atoms with Gasteiger partial charge in [-0.25, -0.2) is 0 Å². The zero-order valence-electron chi connectivity index (χ0n) is 7.61. The van der Waals surface area contributed by atoms with Crippen LogP contribution in [0, 0.1) is 10.1 Å². The third kappa shape index (κ3) is 2.94. The summed E-state index contributed by atoms with van der Waals surface area (Å²) in [4.78, 5) is 10.1. The molecule has 1 aromatic rings. The smallest absolute Gasteiger partial charge is 0.292 e. The number of rotatable bonds is 3. The SMILES string of the molecule is Nc1cc(Cl)c(C=CCBr)cc1[N+](=O)[O-]. The summed E-state index contributed by atoms with van der Waals surface area (Å²) in [5, 5.41) is 11.7. The van der Waals surface area contributed by atoms with Crippen molar-refractivity contribution in [1.82, 2.24) is 0 Å². The summed E-state index contributed by atoms with van der Waals surface area (Å²) in [7, 11) is 0. The van der Waals surface area contributed by atoms with Crippen molar-refractivity contribution in [3.05, 3.63) is 38.9 Å². The van der Waals surface area contributed by atoms with Gasteiger partial charge in [0.25, 0.3) is 5.69 Å². The maximum absolute atomic E-state index is 10.6. The first-order valence-electron chi connectivity index (χ1n) is 4.02. The average Bonchev–Trinajstić information content (AvgIpc) is 2.16.